The summed E-state index contributed by atoms with van der Waals surface area (Å²) < 4.78 is 119. The van der Waals surface area contributed by atoms with Crippen molar-refractivity contribution in [3.63, 3.8) is 0 Å². The summed E-state index contributed by atoms with van der Waals surface area (Å²) in [5, 5.41) is 0. The Morgan fingerprint density at radius 2 is 1.32 bits per heavy atom. The molecule has 4 aromatic rings. The molecule has 9 heteroatoms. The van der Waals surface area contributed by atoms with Crippen LogP contribution < -0.4 is 4.74 Å². The van der Waals surface area contributed by atoms with E-state index in [9.17, 15) is 35.1 Å². The van der Waals surface area contributed by atoms with Crippen LogP contribution in [0.15, 0.2) is 78.9 Å². The third kappa shape index (κ3) is 4.77. The smallest absolute Gasteiger partial charge is 0.429 e. The Morgan fingerprint density at radius 3 is 1.85 bits per heavy atom. The second kappa shape index (κ2) is 9.75. The molecule has 1 unspecified atom stereocenters. The van der Waals surface area contributed by atoms with Crippen LogP contribution >= 0.6 is 0 Å². The van der Waals surface area contributed by atoms with Crippen LogP contribution in [0.3, 0.4) is 0 Å². The zero-order valence-electron chi connectivity index (χ0n) is 21.1. The Bertz CT molecular complexity index is 1650. The first-order chi connectivity index (χ1) is 19.5. The van der Waals surface area contributed by atoms with Crippen molar-refractivity contribution in [2.45, 2.75) is 30.8 Å². The third-order valence-electron chi connectivity index (χ3n) is 7.88. The molecule has 41 heavy (non-hydrogen) atoms. The molecule has 2 aliphatic carbocycles. The van der Waals surface area contributed by atoms with E-state index in [1.54, 1.807) is 12.1 Å². The number of hydrogen-bond donors (Lipinski definition) is 0. The van der Waals surface area contributed by atoms with E-state index in [4.69, 9.17) is 0 Å². The highest BCUT2D eigenvalue weighted by atomic mass is 19.3. The quantitative estimate of drug-likeness (QED) is 0.127. The van der Waals surface area contributed by atoms with E-state index >= 15 is 0 Å². The zero-order valence-corrected chi connectivity index (χ0v) is 21.1. The van der Waals surface area contributed by atoms with E-state index in [1.165, 1.54) is 0 Å². The average molecular weight is 572 g/mol. The van der Waals surface area contributed by atoms with Crippen molar-refractivity contribution in [1.29, 1.82) is 0 Å². The van der Waals surface area contributed by atoms with Crippen LogP contribution in [-0.2, 0) is 11.5 Å². The molecule has 4 aromatic carbocycles. The maximum absolute atomic E-state index is 14.9. The lowest BCUT2D eigenvalue weighted by Crippen LogP contribution is -2.25. The van der Waals surface area contributed by atoms with E-state index < -0.39 is 63.5 Å². The molecule has 6 rings (SSSR count). The maximum Gasteiger partial charge on any atom is 0.432 e. The zero-order chi connectivity index (χ0) is 29.1. The lowest BCUT2D eigenvalue weighted by molar-refractivity contribution is -0.189. The predicted molar refractivity (Wildman–Crippen MR) is 136 cm³/mol. The van der Waals surface area contributed by atoms with Gasteiger partial charge < -0.3 is 4.74 Å². The molecule has 0 N–H and O–H groups in total. The normalized spacial score (nSPS) is 19.7. The number of halogens is 8. The lowest BCUT2D eigenvalue weighted by Gasteiger charge is -2.24. The van der Waals surface area contributed by atoms with Crippen LogP contribution in [-0.4, -0.2) is 0 Å². The fraction of sp³-hybridized carbons (Fsp3) is 0.188. The highest BCUT2D eigenvalue weighted by Crippen LogP contribution is 2.51. The minimum atomic E-state index is -4.55. The van der Waals surface area contributed by atoms with Crippen molar-refractivity contribution in [3.05, 3.63) is 125 Å². The second-order valence-corrected chi connectivity index (χ2v) is 10.4. The minimum Gasteiger partial charge on any atom is -0.429 e. The minimum absolute atomic E-state index is 0.0357. The first kappa shape index (κ1) is 27.1. The second-order valence-electron chi connectivity index (χ2n) is 10.4. The molecule has 2 atom stereocenters. The molecule has 1 fully saturated rings. The van der Waals surface area contributed by atoms with E-state index in [0.717, 1.165) is 49.1 Å². The summed E-state index contributed by atoms with van der Waals surface area (Å²) in [7, 11) is 0. The molecule has 0 spiro atoms. The summed E-state index contributed by atoms with van der Waals surface area (Å²) in [6, 6.07) is 11.9. The molecular weight excluding hydrogens is 552 g/mol. The molecule has 0 aliphatic heterocycles. The lowest BCUT2D eigenvalue weighted by atomic mass is 9.80. The Morgan fingerprint density at radius 1 is 0.683 bits per heavy atom. The molecule has 2 bridgehead atoms. The summed E-state index contributed by atoms with van der Waals surface area (Å²) in [6.45, 7) is 0. The Hall–Kier alpha value is -4.14. The maximum atomic E-state index is 14.9. The molecular formula is C32H20F8O. The topological polar surface area (TPSA) is 9.23 Å². The summed E-state index contributed by atoms with van der Waals surface area (Å²) in [5.41, 5.74) is -0.982. The summed E-state index contributed by atoms with van der Waals surface area (Å²) >= 11 is 0. The summed E-state index contributed by atoms with van der Waals surface area (Å²) in [6.07, 6.45) is 3.02. The molecule has 1 saturated carbocycles. The van der Waals surface area contributed by atoms with E-state index in [1.807, 2.05) is 12.1 Å². The van der Waals surface area contributed by atoms with Gasteiger partial charge in [-0.15, -0.1) is 0 Å². The van der Waals surface area contributed by atoms with Gasteiger partial charge in [0.2, 0.25) is 0 Å². The van der Waals surface area contributed by atoms with Gasteiger partial charge in [-0.3, -0.25) is 0 Å². The molecule has 0 saturated heterocycles. The highest BCUT2D eigenvalue weighted by Gasteiger charge is 2.43. The number of alkyl halides is 2. The van der Waals surface area contributed by atoms with Crippen LogP contribution in [0.4, 0.5) is 35.1 Å². The van der Waals surface area contributed by atoms with E-state index in [0.29, 0.717) is 29.7 Å². The number of fused-ring (bicyclic) bond motifs is 2. The molecule has 210 valence electrons. The van der Waals surface area contributed by atoms with Crippen LogP contribution in [0.5, 0.6) is 5.75 Å². The van der Waals surface area contributed by atoms with Crippen LogP contribution in [0.1, 0.15) is 30.4 Å². The molecule has 0 radical (unpaired) electrons. The molecule has 0 aromatic heterocycles. The largest absolute Gasteiger partial charge is 0.432 e. The van der Waals surface area contributed by atoms with Crippen molar-refractivity contribution in [2.24, 2.45) is 5.92 Å². The number of allylic oxidation sites excluding steroid dienone is 2. The van der Waals surface area contributed by atoms with Crippen molar-refractivity contribution in [3.8, 4) is 28.0 Å². The predicted octanol–water partition coefficient (Wildman–Crippen LogP) is 9.59. The van der Waals surface area contributed by atoms with Crippen molar-refractivity contribution >= 4 is 0 Å². The van der Waals surface area contributed by atoms with Gasteiger partial charge in [-0.25, -0.2) is 26.3 Å². The van der Waals surface area contributed by atoms with Gasteiger partial charge in [0.15, 0.2) is 17.5 Å². The first-order valence-corrected chi connectivity index (χ1v) is 12.8. The van der Waals surface area contributed by atoms with Crippen molar-refractivity contribution in [1.82, 2.24) is 0 Å². The first-order valence-electron chi connectivity index (χ1n) is 12.8. The summed E-state index contributed by atoms with van der Waals surface area (Å²) in [5.74, 6) is -9.54. The van der Waals surface area contributed by atoms with E-state index in [-0.39, 0.29) is 11.0 Å². The number of hydrogen-bond acceptors (Lipinski definition) is 1. The molecule has 0 heterocycles. The fourth-order valence-corrected chi connectivity index (χ4v) is 5.83. The van der Waals surface area contributed by atoms with Gasteiger partial charge in [0.1, 0.15) is 28.8 Å². The van der Waals surface area contributed by atoms with E-state index in [2.05, 4.69) is 16.9 Å². The number of benzene rings is 4. The standard InChI is InChI=1S/C32H20F8O/c33-24-15-22(5-6-23(24)20-13-27(36)30(38)28(37)14-20)41-32(39,40)29-25(34)11-19(12-26(29)35)18-1-3-21(4-2-18)31-9-7-17(16-31)8-10-31/h1-7,9,11-15,17H,8,10,16H2/t17?,31-/m0/s1. The molecule has 1 nitrogen and oxygen atoms in total. The molecule has 0 amide bonds. The fourth-order valence-electron chi connectivity index (χ4n) is 5.83. The highest BCUT2D eigenvalue weighted by molar-refractivity contribution is 5.66. The van der Waals surface area contributed by atoms with Gasteiger partial charge in [-0.2, -0.15) is 8.78 Å². The van der Waals surface area contributed by atoms with Crippen LogP contribution in [0, 0.1) is 40.8 Å². The Labute approximate surface area is 229 Å². The molecule has 2 aliphatic rings. The van der Waals surface area contributed by atoms with Gasteiger partial charge in [-0.05, 0) is 83.8 Å². The number of ether oxygens (including phenoxy) is 1. The van der Waals surface area contributed by atoms with Gasteiger partial charge in [0, 0.05) is 17.0 Å². The van der Waals surface area contributed by atoms with Crippen molar-refractivity contribution < 1.29 is 39.9 Å². The Kier molecular flexibility index (Phi) is 6.43. The van der Waals surface area contributed by atoms with Gasteiger partial charge in [-0.1, -0.05) is 36.4 Å². The Balaban J connectivity index is 1.24. The SMILES string of the molecule is Fc1cc(OC(F)(F)c2c(F)cc(-c3ccc([C@@]45C=CC(CC4)C5)cc3)cc2F)ccc1-c1cc(F)c(F)c(F)c1. The summed E-state index contributed by atoms with van der Waals surface area (Å²) in [4.78, 5) is 0. The monoisotopic (exact) mass is 572 g/mol. The third-order valence-corrected chi connectivity index (χ3v) is 7.88. The van der Waals surface area contributed by atoms with Gasteiger partial charge >= 0.3 is 6.11 Å². The van der Waals surface area contributed by atoms with Crippen molar-refractivity contribution in [2.75, 3.05) is 0 Å². The van der Waals surface area contributed by atoms with Crippen LogP contribution in [0.25, 0.3) is 22.3 Å². The van der Waals surface area contributed by atoms with Gasteiger partial charge in [0.25, 0.3) is 0 Å². The van der Waals surface area contributed by atoms with Crippen LogP contribution in [0.2, 0.25) is 0 Å². The number of rotatable bonds is 6. The van der Waals surface area contributed by atoms with Gasteiger partial charge in [0.05, 0.1) is 0 Å². The average Bonchev–Trinajstić information content (AvgIpc) is 3.54.